The Hall–Kier alpha value is -0.810. The van der Waals surface area contributed by atoms with Crippen LogP contribution in [-0.2, 0) is 7.05 Å². The summed E-state index contributed by atoms with van der Waals surface area (Å²) in [6.07, 6.45) is 0. The third kappa shape index (κ3) is 1.89. The first kappa shape index (κ1) is 12.2. The Balaban J connectivity index is 2.37. The molecule has 18 heavy (non-hydrogen) atoms. The predicted octanol–water partition coefficient (Wildman–Crippen LogP) is 5.21. The summed E-state index contributed by atoms with van der Waals surface area (Å²) < 4.78 is 4.69. The van der Waals surface area contributed by atoms with Gasteiger partial charge in [-0.1, -0.05) is 46.3 Å². The largest absolute Gasteiger partial charge is 0.343 e. The van der Waals surface area contributed by atoms with E-state index in [1.807, 2.05) is 0 Å². The van der Waals surface area contributed by atoms with Gasteiger partial charge in [0.2, 0.25) is 0 Å². The van der Waals surface area contributed by atoms with Crippen molar-refractivity contribution in [2.75, 3.05) is 0 Å². The third-order valence-electron chi connectivity index (χ3n) is 3.15. The molecule has 0 bridgehead atoms. The van der Waals surface area contributed by atoms with Crippen LogP contribution in [0.2, 0.25) is 0 Å². The lowest BCUT2D eigenvalue weighted by Gasteiger charge is -2.04. The summed E-state index contributed by atoms with van der Waals surface area (Å²) in [4.78, 5) is 0. The Bertz CT molecular complexity index is 716. The van der Waals surface area contributed by atoms with Gasteiger partial charge in [0.1, 0.15) is 0 Å². The number of aromatic nitrogens is 1. The zero-order valence-corrected chi connectivity index (χ0v) is 13.6. The summed E-state index contributed by atoms with van der Waals surface area (Å²) >= 11 is 5.98. The highest BCUT2D eigenvalue weighted by atomic mass is 127. The van der Waals surface area contributed by atoms with Gasteiger partial charge >= 0.3 is 0 Å². The zero-order valence-electron chi connectivity index (χ0n) is 9.82. The fourth-order valence-electron chi connectivity index (χ4n) is 2.29. The quantitative estimate of drug-likeness (QED) is 0.484. The van der Waals surface area contributed by atoms with Gasteiger partial charge in [-0.25, -0.2) is 0 Å². The lowest BCUT2D eigenvalue weighted by molar-refractivity contribution is 0.976. The second kappa shape index (κ2) is 4.70. The van der Waals surface area contributed by atoms with Crippen LogP contribution in [0, 0.1) is 3.57 Å². The van der Waals surface area contributed by atoms with Crippen LogP contribution >= 0.6 is 38.5 Å². The van der Waals surface area contributed by atoms with Gasteiger partial charge in [-0.15, -0.1) is 0 Å². The number of aryl methyl sites for hydroxylation is 1. The van der Waals surface area contributed by atoms with Crippen LogP contribution in [0.4, 0.5) is 0 Å². The minimum atomic E-state index is 1.12. The van der Waals surface area contributed by atoms with Gasteiger partial charge in [-0.2, -0.15) is 0 Å². The normalized spacial score (nSPS) is 11.1. The summed E-state index contributed by atoms with van der Waals surface area (Å²) in [5.41, 5.74) is 3.81. The van der Waals surface area contributed by atoms with Crippen molar-refractivity contribution < 1.29 is 0 Å². The Labute approximate surface area is 128 Å². The average molecular weight is 412 g/mol. The van der Waals surface area contributed by atoms with E-state index in [1.165, 1.54) is 25.7 Å². The summed E-state index contributed by atoms with van der Waals surface area (Å²) in [6, 6.07) is 17.0. The zero-order chi connectivity index (χ0) is 12.7. The highest BCUT2D eigenvalue weighted by Crippen LogP contribution is 2.35. The second-order valence-electron chi connectivity index (χ2n) is 4.25. The van der Waals surface area contributed by atoms with Crippen LogP contribution in [0.1, 0.15) is 0 Å². The van der Waals surface area contributed by atoms with Gasteiger partial charge in [-0.05, 0) is 46.4 Å². The van der Waals surface area contributed by atoms with Gasteiger partial charge < -0.3 is 4.57 Å². The van der Waals surface area contributed by atoms with E-state index >= 15 is 0 Å². The monoisotopic (exact) mass is 411 g/mol. The van der Waals surface area contributed by atoms with Crippen LogP contribution in [0.3, 0.4) is 0 Å². The fourth-order valence-corrected chi connectivity index (χ4v) is 3.75. The van der Waals surface area contributed by atoms with Crippen molar-refractivity contribution in [3.8, 4) is 11.3 Å². The smallest absolute Gasteiger partial charge is 0.0624 e. The first-order valence-electron chi connectivity index (χ1n) is 5.67. The molecule has 90 valence electrons. The van der Waals surface area contributed by atoms with E-state index in [0.717, 1.165) is 4.47 Å². The van der Waals surface area contributed by atoms with Crippen molar-refractivity contribution >= 4 is 49.4 Å². The lowest BCUT2D eigenvalue weighted by atomic mass is 10.1. The van der Waals surface area contributed by atoms with Crippen LogP contribution < -0.4 is 0 Å². The van der Waals surface area contributed by atoms with E-state index in [2.05, 4.69) is 98.7 Å². The van der Waals surface area contributed by atoms with Crippen LogP contribution in [0.25, 0.3) is 22.2 Å². The van der Waals surface area contributed by atoms with E-state index in [1.54, 1.807) is 0 Å². The topological polar surface area (TPSA) is 4.93 Å². The van der Waals surface area contributed by atoms with Gasteiger partial charge in [-0.3, -0.25) is 0 Å². The van der Waals surface area contributed by atoms with Gasteiger partial charge in [0.15, 0.2) is 0 Å². The number of nitrogens with zero attached hydrogens (tertiary/aromatic N) is 1. The van der Waals surface area contributed by atoms with Crippen LogP contribution in [-0.4, -0.2) is 4.57 Å². The molecule has 0 aliphatic rings. The molecule has 0 spiro atoms. The van der Waals surface area contributed by atoms with Crippen LogP contribution in [0.5, 0.6) is 0 Å². The van der Waals surface area contributed by atoms with Crippen molar-refractivity contribution in [1.29, 1.82) is 0 Å². The maximum Gasteiger partial charge on any atom is 0.0624 e. The summed E-state index contributed by atoms with van der Waals surface area (Å²) in [7, 11) is 2.13. The molecular weight excluding hydrogens is 401 g/mol. The molecule has 0 saturated carbocycles. The molecule has 0 amide bonds. The van der Waals surface area contributed by atoms with Gasteiger partial charge in [0.05, 0.1) is 5.69 Å². The summed E-state index contributed by atoms with van der Waals surface area (Å²) in [5.74, 6) is 0. The summed E-state index contributed by atoms with van der Waals surface area (Å²) in [6.45, 7) is 0. The van der Waals surface area contributed by atoms with Crippen LogP contribution in [0.15, 0.2) is 53.0 Å². The standard InChI is InChI=1S/C15H11BrIN/c1-18-13-8-7-11(16)9-12(13)14(17)15(18)10-5-3-2-4-6-10/h2-9H,1H3. The molecule has 0 aliphatic carbocycles. The predicted molar refractivity (Wildman–Crippen MR) is 88.8 cm³/mol. The van der Waals surface area contributed by atoms with Gasteiger partial charge in [0.25, 0.3) is 0 Å². The molecule has 0 saturated heterocycles. The van der Waals surface area contributed by atoms with Crippen molar-refractivity contribution in [3.05, 3.63) is 56.6 Å². The number of hydrogen-bond donors (Lipinski definition) is 0. The molecule has 1 nitrogen and oxygen atoms in total. The van der Waals surface area contributed by atoms with E-state index in [-0.39, 0.29) is 0 Å². The highest BCUT2D eigenvalue weighted by molar-refractivity contribution is 14.1. The third-order valence-corrected chi connectivity index (χ3v) is 4.73. The molecule has 0 N–H and O–H groups in total. The number of halogens is 2. The van der Waals surface area contributed by atoms with Gasteiger partial charge in [0, 0.05) is 26.0 Å². The second-order valence-corrected chi connectivity index (χ2v) is 6.24. The molecule has 0 unspecified atom stereocenters. The molecule has 1 aromatic heterocycles. The number of benzene rings is 2. The van der Waals surface area contributed by atoms with Crippen molar-refractivity contribution in [2.24, 2.45) is 7.05 Å². The van der Waals surface area contributed by atoms with Crippen molar-refractivity contribution in [1.82, 2.24) is 4.57 Å². The Morgan fingerprint density at radius 2 is 1.78 bits per heavy atom. The maximum atomic E-state index is 3.54. The molecule has 0 fully saturated rings. The van der Waals surface area contributed by atoms with E-state index in [4.69, 9.17) is 0 Å². The minimum Gasteiger partial charge on any atom is -0.343 e. The summed E-state index contributed by atoms with van der Waals surface area (Å²) in [5, 5.41) is 1.30. The number of rotatable bonds is 1. The molecule has 3 rings (SSSR count). The number of fused-ring (bicyclic) bond motifs is 1. The van der Waals surface area contributed by atoms with Crippen molar-refractivity contribution in [3.63, 3.8) is 0 Å². The lowest BCUT2D eigenvalue weighted by Crippen LogP contribution is -1.91. The first-order chi connectivity index (χ1) is 8.68. The Kier molecular flexibility index (Phi) is 3.20. The van der Waals surface area contributed by atoms with E-state index in [9.17, 15) is 0 Å². The molecular formula is C15H11BrIN. The molecule has 1 heterocycles. The maximum absolute atomic E-state index is 3.54. The average Bonchev–Trinajstić information content (AvgIpc) is 2.63. The molecule has 0 aliphatic heterocycles. The minimum absolute atomic E-state index is 1.12. The Morgan fingerprint density at radius 3 is 2.50 bits per heavy atom. The SMILES string of the molecule is Cn1c(-c2ccccc2)c(I)c2cc(Br)ccc21. The highest BCUT2D eigenvalue weighted by Gasteiger charge is 2.14. The first-order valence-corrected chi connectivity index (χ1v) is 7.54. The van der Waals surface area contributed by atoms with E-state index in [0.29, 0.717) is 0 Å². The molecule has 2 aromatic carbocycles. The fraction of sp³-hybridized carbons (Fsp3) is 0.0667. The molecule has 3 heteroatoms. The van der Waals surface area contributed by atoms with E-state index < -0.39 is 0 Å². The van der Waals surface area contributed by atoms with Crippen molar-refractivity contribution in [2.45, 2.75) is 0 Å². The Morgan fingerprint density at radius 1 is 1.06 bits per heavy atom. The molecule has 3 aromatic rings. The molecule has 0 atom stereocenters. The number of hydrogen-bond acceptors (Lipinski definition) is 0. The molecule has 0 radical (unpaired) electrons.